The Kier molecular flexibility index (Phi) is 8.48. The molecule has 0 aliphatic rings. The number of benzene rings is 2. The van der Waals surface area contributed by atoms with Crippen molar-refractivity contribution in [1.29, 1.82) is 0 Å². The molecule has 15 heteroatoms. The van der Waals surface area contributed by atoms with E-state index in [1.165, 1.54) is 25.3 Å². The van der Waals surface area contributed by atoms with Gasteiger partial charge in [0.1, 0.15) is 17.3 Å². The molecule has 2 aromatic carbocycles. The molecule has 0 spiro atoms. The summed E-state index contributed by atoms with van der Waals surface area (Å²) < 4.78 is 55.5. The van der Waals surface area contributed by atoms with E-state index in [1.807, 2.05) is 0 Å². The standard InChI is InChI=1S/C27H26ClF3N6O5/c1-26(2,3)36-23(38)24(42-25(39)27(29,30)31)41-16-8-6-7-14(11-16)21-34-17-9-10-18(40-5)20(28)19(17)22(35-21)33-15-12-32-37(4)13-15/h6-13,24H,1-5H3,(H,36,38)(H,33,34,35). The summed E-state index contributed by atoms with van der Waals surface area (Å²) in [5.74, 6) is -2.85. The lowest BCUT2D eigenvalue weighted by Gasteiger charge is -2.25. The molecule has 42 heavy (non-hydrogen) atoms. The first-order chi connectivity index (χ1) is 19.6. The fourth-order valence-corrected chi connectivity index (χ4v) is 4.05. The van der Waals surface area contributed by atoms with Crippen molar-refractivity contribution in [1.82, 2.24) is 25.1 Å². The molecule has 0 aliphatic carbocycles. The predicted molar refractivity (Wildman–Crippen MR) is 147 cm³/mol. The van der Waals surface area contributed by atoms with Crippen LogP contribution in [-0.4, -0.2) is 56.7 Å². The van der Waals surface area contributed by atoms with Crippen LogP contribution < -0.4 is 20.1 Å². The summed E-state index contributed by atoms with van der Waals surface area (Å²) in [4.78, 5) is 33.5. The maximum absolute atomic E-state index is 12.9. The van der Waals surface area contributed by atoms with Gasteiger partial charge in [0, 0.05) is 24.3 Å². The highest BCUT2D eigenvalue weighted by Crippen LogP contribution is 2.38. The molecule has 4 rings (SSSR count). The lowest BCUT2D eigenvalue weighted by Crippen LogP contribution is -2.50. The zero-order chi connectivity index (χ0) is 30.8. The fourth-order valence-electron chi connectivity index (χ4n) is 3.72. The van der Waals surface area contributed by atoms with Gasteiger partial charge in [-0.1, -0.05) is 23.7 Å². The van der Waals surface area contributed by atoms with Crippen LogP contribution in [0.15, 0.2) is 48.8 Å². The minimum Gasteiger partial charge on any atom is -0.495 e. The molecule has 0 saturated carbocycles. The number of nitrogens with one attached hydrogen (secondary N) is 2. The average molecular weight is 607 g/mol. The van der Waals surface area contributed by atoms with Crippen molar-refractivity contribution in [3.63, 3.8) is 0 Å². The van der Waals surface area contributed by atoms with Crippen LogP contribution in [0.1, 0.15) is 20.8 Å². The summed E-state index contributed by atoms with van der Waals surface area (Å²) in [5, 5.41) is 10.5. The van der Waals surface area contributed by atoms with Gasteiger partial charge in [-0.05, 0) is 45.0 Å². The third-order valence-electron chi connectivity index (χ3n) is 5.45. The number of hydrogen-bond donors (Lipinski definition) is 2. The number of carbonyl (C=O) groups is 2. The van der Waals surface area contributed by atoms with Gasteiger partial charge in [-0.15, -0.1) is 0 Å². The molecule has 2 aromatic heterocycles. The highest BCUT2D eigenvalue weighted by atomic mass is 35.5. The summed E-state index contributed by atoms with van der Waals surface area (Å²) in [5.41, 5.74) is 0.572. The lowest BCUT2D eigenvalue weighted by atomic mass is 10.1. The topological polar surface area (TPSA) is 129 Å². The number of amides is 1. The quantitative estimate of drug-likeness (QED) is 0.206. The molecule has 11 nitrogen and oxygen atoms in total. The average Bonchev–Trinajstić information content (AvgIpc) is 3.31. The molecule has 1 atom stereocenters. The van der Waals surface area contributed by atoms with Gasteiger partial charge in [0.2, 0.25) is 0 Å². The molecule has 0 fully saturated rings. The Balaban J connectivity index is 1.74. The van der Waals surface area contributed by atoms with Crippen LogP contribution in [0.2, 0.25) is 5.02 Å². The van der Waals surface area contributed by atoms with Crippen molar-refractivity contribution < 1.29 is 37.0 Å². The van der Waals surface area contributed by atoms with Gasteiger partial charge in [0.15, 0.2) is 5.82 Å². The zero-order valence-corrected chi connectivity index (χ0v) is 23.8. The number of anilines is 2. The number of hydrogen-bond acceptors (Lipinski definition) is 9. The Morgan fingerprint density at radius 3 is 2.45 bits per heavy atom. The first kappa shape index (κ1) is 30.4. The van der Waals surface area contributed by atoms with E-state index >= 15 is 0 Å². The van der Waals surface area contributed by atoms with Crippen LogP contribution >= 0.6 is 11.6 Å². The van der Waals surface area contributed by atoms with Crippen LogP contribution in [0.5, 0.6) is 11.5 Å². The molecule has 222 valence electrons. The Morgan fingerprint density at radius 1 is 1.10 bits per heavy atom. The molecule has 4 aromatic rings. The van der Waals surface area contributed by atoms with Gasteiger partial charge in [-0.25, -0.2) is 14.8 Å². The summed E-state index contributed by atoms with van der Waals surface area (Å²) in [7, 11) is 3.22. The lowest BCUT2D eigenvalue weighted by molar-refractivity contribution is -0.216. The zero-order valence-electron chi connectivity index (χ0n) is 23.0. The summed E-state index contributed by atoms with van der Waals surface area (Å²) in [6, 6.07) is 9.22. The second-order valence-corrected chi connectivity index (χ2v) is 10.4. The van der Waals surface area contributed by atoms with Gasteiger partial charge in [0.05, 0.1) is 34.9 Å². The number of ether oxygens (including phenoxy) is 3. The van der Waals surface area contributed by atoms with Crippen LogP contribution in [0.3, 0.4) is 0 Å². The van der Waals surface area contributed by atoms with Crippen LogP contribution in [-0.2, 0) is 21.4 Å². The smallest absolute Gasteiger partial charge is 0.491 e. The maximum atomic E-state index is 12.9. The summed E-state index contributed by atoms with van der Waals surface area (Å²) >= 11 is 6.60. The second kappa shape index (κ2) is 11.7. The normalized spacial score (nSPS) is 12.5. The number of fused-ring (bicyclic) bond motifs is 1. The van der Waals surface area contributed by atoms with Crippen molar-refractivity contribution in [3.8, 4) is 22.9 Å². The third kappa shape index (κ3) is 7.18. The molecule has 0 saturated heterocycles. The van der Waals surface area contributed by atoms with Crippen molar-refractivity contribution in [2.45, 2.75) is 38.8 Å². The van der Waals surface area contributed by atoms with Crippen molar-refractivity contribution in [2.75, 3.05) is 12.4 Å². The number of carbonyl (C=O) groups excluding carboxylic acids is 2. The van der Waals surface area contributed by atoms with E-state index < -0.39 is 29.9 Å². The van der Waals surface area contributed by atoms with Crippen molar-refractivity contribution in [3.05, 3.63) is 53.8 Å². The number of esters is 1. The van der Waals surface area contributed by atoms with Crippen LogP contribution in [0, 0.1) is 0 Å². The minimum atomic E-state index is -5.34. The van der Waals surface area contributed by atoms with Gasteiger partial charge < -0.3 is 24.8 Å². The van der Waals surface area contributed by atoms with Crippen molar-refractivity contribution >= 4 is 45.9 Å². The third-order valence-corrected chi connectivity index (χ3v) is 5.82. The van der Waals surface area contributed by atoms with E-state index in [0.717, 1.165) is 0 Å². The molecular formula is C27H26ClF3N6O5. The molecule has 2 N–H and O–H groups in total. The SMILES string of the molecule is COc1ccc2nc(-c3cccc(OC(OC(=O)C(F)(F)F)C(=O)NC(C)(C)C)c3)nc(Nc3cnn(C)c3)c2c1Cl. The summed E-state index contributed by atoms with van der Waals surface area (Å²) in [6.45, 7) is 4.80. The summed E-state index contributed by atoms with van der Waals surface area (Å²) in [6.07, 6.45) is -4.27. The predicted octanol–water partition coefficient (Wildman–Crippen LogP) is 5.16. The highest BCUT2D eigenvalue weighted by molar-refractivity contribution is 6.38. The monoisotopic (exact) mass is 606 g/mol. The number of rotatable bonds is 8. The van der Waals surface area contributed by atoms with E-state index in [1.54, 1.807) is 63.1 Å². The minimum absolute atomic E-state index is 0.0882. The van der Waals surface area contributed by atoms with Gasteiger partial charge in [0.25, 0.3) is 0 Å². The van der Waals surface area contributed by atoms with E-state index in [4.69, 9.17) is 21.1 Å². The Labute approximate surface area is 242 Å². The number of methoxy groups -OCH3 is 1. The van der Waals surface area contributed by atoms with Crippen LogP contribution in [0.4, 0.5) is 24.7 Å². The van der Waals surface area contributed by atoms with E-state index in [0.29, 0.717) is 33.7 Å². The molecule has 0 radical (unpaired) electrons. The highest BCUT2D eigenvalue weighted by Gasteiger charge is 2.44. The van der Waals surface area contributed by atoms with Gasteiger partial charge >= 0.3 is 24.3 Å². The Hall–Kier alpha value is -4.59. The van der Waals surface area contributed by atoms with E-state index in [9.17, 15) is 22.8 Å². The first-order valence-corrected chi connectivity index (χ1v) is 12.7. The number of aryl methyl sites for hydroxylation is 1. The maximum Gasteiger partial charge on any atom is 0.491 e. The van der Waals surface area contributed by atoms with E-state index in [-0.39, 0.29) is 16.6 Å². The van der Waals surface area contributed by atoms with Crippen molar-refractivity contribution in [2.24, 2.45) is 7.05 Å². The number of halogens is 4. The molecule has 0 bridgehead atoms. The molecule has 2 heterocycles. The number of alkyl halides is 3. The second-order valence-electron chi connectivity index (χ2n) is 10.0. The Morgan fingerprint density at radius 2 is 1.83 bits per heavy atom. The Bertz CT molecular complexity index is 1640. The molecular weight excluding hydrogens is 581 g/mol. The van der Waals surface area contributed by atoms with Gasteiger partial charge in [-0.2, -0.15) is 18.3 Å². The van der Waals surface area contributed by atoms with E-state index in [2.05, 4.69) is 30.4 Å². The molecule has 1 unspecified atom stereocenters. The molecule has 1 amide bonds. The largest absolute Gasteiger partial charge is 0.495 e. The molecule has 0 aliphatic heterocycles. The van der Waals surface area contributed by atoms with Gasteiger partial charge in [-0.3, -0.25) is 9.48 Å². The number of nitrogens with zero attached hydrogens (tertiary/aromatic N) is 4. The van der Waals surface area contributed by atoms with Crippen LogP contribution in [0.25, 0.3) is 22.3 Å². The number of aromatic nitrogens is 4. The fraction of sp³-hybridized carbons (Fsp3) is 0.296. The first-order valence-electron chi connectivity index (χ1n) is 12.3.